The molecule has 0 aliphatic carbocycles. The van der Waals surface area contributed by atoms with E-state index in [-0.39, 0.29) is 17.1 Å². The van der Waals surface area contributed by atoms with E-state index >= 15 is 0 Å². The molecular formula is C12H11F5O3S. The Morgan fingerprint density at radius 1 is 1.24 bits per heavy atom. The Balaban J connectivity index is 2.88. The van der Waals surface area contributed by atoms with Crippen molar-refractivity contribution in [2.75, 3.05) is 6.61 Å². The third-order valence-electron chi connectivity index (χ3n) is 2.32. The van der Waals surface area contributed by atoms with Crippen LogP contribution in [-0.2, 0) is 9.53 Å². The summed E-state index contributed by atoms with van der Waals surface area (Å²) in [5.74, 6) is -6.08. The molecule has 0 radical (unpaired) electrons. The lowest BCUT2D eigenvalue weighted by Crippen LogP contribution is -2.37. The van der Waals surface area contributed by atoms with Crippen molar-refractivity contribution in [2.45, 2.75) is 29.4 Å². The second-order valence-corrected chi connectivity index (χ2v) is 5.00. The van der Waals surface area contributed by atoms with Gasteiger partial charge in [-0.25, -0.2) is 4.79 Å². The van der Waals surface area contributed by atoms with Gasteiger partial charge in [0.25, 0.3) is 0 Å². The highest BCUT2D eigenvalue weighted by atomic mass is 32.2. The molecule has 1 N–H and O–H groups in total. The van der Waals surface area contributed by atoms with Crippen LogP contribution in [0.25, 0.3) is 0 Å². The lowest BCUT2D eigenvalue weighted by Gasteiger charge is -2.21. The summed E-state index contributed by atoms with van der Waals surface area (Å²) in [5.41, 5.74) is -4.89. The Bertz CT molecular complexity index is 487. The molecule has 1 aromatic carbocycles. The van der Waals surface area contributed by atoms with Gasteiger partial charge < -0.3 is 9.84 Å². The van der Waals surface area contributed by atoms with Crippen LogP contribution in [0.2, 0.25) is 0 Å². The zero-order valence-electron chi connectivity index (χ0n) is 10.7. The molecule has 0 heterocycles. The fourth-order valence-corrected chi connectivity index (χ4v) is 1.94. The highest BCUT2D eigenvalue weighted by Gasteiger charge is 2.49. The van der Waals surface area contributed by atoms with Gasteiger partial charge in [-0.15, -0.1) is 0 Å². The minimum atomic E-state index is -4.50. The van der Waals surface area contributed by atoms with Crippen LogP contribution in [0, 0.1) is 0 Å². The van der Waals surface area contributed by atoms with Crippen LogP contribution in [0.15, 0.2) is 29.2 Å². The van der Waals surface area contributed by atoms with E-state index in [2.05, 4.69) is 4.74 Å². The van der Waals surface area contributed by atoms with Crippen molar-refractivity contribution in [2.24, 2.45) is 0 Å². The number of halogens is 5. The zero-order valence-corrected chi connectivity index (χ0v) is 11.5. The molecule has 21 heavy (non-hydrogen) atoms. The average molecular weight is 330 g/mol. The number of benzene rings is 1. The number of hydrogen-bond acceptors (Lipinski definition) is 4. The summed E-state index contributed by atoms with van der Waals surface area (Å²) in [6.07, 6.45) is -2.50. The lowest BCUT2D eigenvalue weighted by atomic mass is 10.0. The molecule has 1 rings (SSSR count). The number of carbonyl (C=O) groups is 1. The van der Waals surface area contributed by atoms with E-state index in [1.807, 2.05) is 0 Å². The Labute approximate surface area is 121 Å². The topological polar surface area (TPSA) is 46.5 Å². The molecule has 9 heteroatoms. The molecule has 1 unspecified atom stereocenters. The second kappa shape index (κ2) is 6.61. The van der Waals surface area contributed by atoms with Gasteiger partial charge in [-0.05, 0) is 36.4 Å². The van der Waals surface area contributed by atoms with Crippen molar-refractivity contribution in [1.82, 2.24) is 0 Å². The molecule has 0 saturated carbocycles. The number of thioether (sulfide) groups is 1. The summed E-state index contributed by atoms with van der Waals surface area (Å²) in [4.78, 5) is 10.8. The molecule has 0 saturated heterocycles. The molecule has 1 aromatic rings. The molecule has 0 amide bonds. The van der Waals surface area contributed by atoms with Crippen LogP contribution in [-0.4, -0.2) is 29.1 Å². The van der Waals surface area contributed by atoms with E-state index in [1.165, 1.54) is 6.92 Å². The van der Waals surface area contributed by atoms with Gasteiger partial charge in [0, 0.05) is 4.90 Å². The molecule has 0 aromatic heterocycles. The average Bonchev–Trinajstić information content (AvgIpc) is 2.37. The number of aliphatic hydroxyl groups excluding tert-OH is 1. The van der Waals surface area contributed by atoms with Gasteiger partial charge in [0.05, 0.1) is 6.61 Å². The van der Waals surface area contributed by atoms with Crippen molar-refractivity contribution in [3.05, 3.63) is 29.8 Å². The minimum Gasteiger partial charge on any atom is -0.461 e. The number of esters is 1. The normalized spacial score (nSPS) is 13.9. The molecule has 1 atom stereocenters. The Hall–Kier alpha value is -1.35. The summed E-state index contributed by atoms with van der Waals surface area (Å²) < 4.78 is 67.6. The zero-order chi connectivity index (χ0) is 16.3. The number of ether oxygens (including phenoxy) is 1. The quantitative estimate of drug-likeness (QED) is 0.510. The largest absolute Gasteiger partial charge is 0.461 e. The van der Waals surface area contributed by atoms with Crippen molar-refractivity contribution < 1.29 is 36.6 Å². The summed E-state index contributed by atoms with van der Waals surface area (Å²) in [6, 6.07) is 3.65. The van der Waals surface area contributed by atoms with Crippen LogP contribution in [0.4, 0.5) is 22.0 Å². The third-order valence-corrected chi connectivity index (χ3v) is 3.06. The first-order valence-electron chi connectivity index (χ1n) is 5.66. The van der Waals surface area contributed by atoms with Crippen molar-refractivity contribution in [3.8, 4) is 0 Å². The fraction of sp³-hybridized carbons (Fsp3) is 0.417. The van der Waals surface area contributed by atoms with Gasteiger partial charge in [-0.3, -0.25) is 0 Å². The van der Waals surface area contributed by atoms with Gasteiger partial charge in [0.15, 0.2) is 6.10 Å². The van der Waals surface area contributed by atoms with E-state index < -0.39 is 35.3 Å². The molecule has 0 fully saturated rings. The molecule has 3 nitrogen and oxygen atoms in total. The first kappa shape index (κ1) is 17.7. The SMILES string of the molecule is CCOC(=O)C(F)(F)C(O)c1ccc(SC(F)(F)F)cc1. The van der Waals surface area contributed by atoms with Gasteiger partial charge in [0.2, 0.25) is 0 Å². The maximum absolute atomic E-state index is 13.5. The number of rotatable bonds is 5. The number of carbonyl (C=O) groups excluding carboxylic acids is 1. The second-order valence-electron chi connectivity index (χ2n) is 3.86. The summed E-state index contributed by atoms with van der Waals surface area (Å²) in [7, 11) is 0. The minimum absolute atomic E-state index is 0.224. The van der Waals surface area contributed by atoms with Crippen LogP contribution in [0.1, 0.15) is 18.6 Å². The predicted octanol–water partition coefficient (Wildman–Crippen LogP) is 3.53. The fourth-order valence-electron chi connectivity index (χ4n) is 1.40. The van der Waals surface area contributed by atoms with Gasteiger partial charge in [-0.2, -0.15) is 22.0 Å². The summed E-state index contributed by atoms with van der Waals surface area (Å²) in [5, 5.41) is 9.49. The van der Waals surface area contributed by atoms with Crippen LogP contribution in [0.3, 0.4) is 0 Å². The third kappa shape index (κ3) is 4.85. The molecule has 118 valence electrons. The first-order chi connectivity index (χ1) is 9.58. The van der Waals surface area contributed by atoms with E-state index in [0.717, 1.165) is 24.3 Å². The van der Waals surface area contributed by atoms with Crippen LogP contribution in [0.5, 0.6) is 0 Å². The first-order valence-corrected chi connectivity index (χ1v) is 6.48. The van der Waals surface area contributed by atoms with E-state index in [0.29, 0.717) is 0 Å². The van der Waals surface area contributed by atoms with E-state index in [4.69, 9.17) is 0 Å². The lowest BCUT2D eigenvalue weighted by molar-refractivity contribution is -0.189. The van der Waals surface area contributed by atoms with Gasteiger partial charge in [-0.1, -0.05) is 12.1 Å². The number of aliphatic hydroxyl groups is 1. The molecular weight excluding hydrogens is 319 g/mol. The standard InChI is InChI=1S/C12H11F5O3S/c1-2-20-10(19)11(13,14)9(18)7-3-5-8(6-4-7)21-12(15,16)17/h3-6,9,18H,2H2,1H3. The number of hydrogen-bond donors (Lipinski definition) is 1. The predicted molar refractivity (Wildman–Crippen MR) is 64.9 cm³/mol. The monoisotopic (exact) mass is 330 g/mol. The Kier molecular flexibility index (Phi) is 5.57. The van der Waals surface area contributed by atoms with Gasteiger partial charge >= 0.3 is 17.4 Å². The van der Waals surface area contributed by atoms with Crippen molar-refractivity contribution >= 4 is 17.7 Å². The Morgan fingerprint density at radius 2 is 1.76 bits per heavy atom. The summed E-state index contributed by atoms with van der Waals surface area (Å²) >= 11 is -0.418. The smallest absolute Gasteiger partial charge is 0.446 e. The highest BCUT2D eigenvalue weighted by molar-refractivity contribution is 8.00. The Morgan fingerprint density at radius 3 is 2.19 bits per heavy atom. The number of alkyl halides is 5. The summed E-state index contributed by atoms with van der Waals surface area (Å²) in [6.45, 7) is 1.03. The molecule has 0 aliphatic rings. The molecule has 0 aliphatic heterocycles. The maximum Gasteiger partial charge on any atom is 0.446 e. The van der Waals surface area contributed by atoms with Crippen LogP contribution >= 0.6 is 11.8 Å². The van der Waals surface area contributed by atoms with Crippen LogP contribution < -0.4 is 0 Å². The van der Waals surface area contributed by atoms with E-state index in [9.17, 15) is 31.9 Å². The highest BCUT2D eigenvalue weighted by Crippen LogP contribution is 2.38. The van der Waals surface area contributed by atoms with Crippen molar-refractivity contribution in [1.29, 1.82) is 0 Å². The van der Waals surface area contributed by atoms with Crippen molar-refractivity contribution in [3.63, 3.8) is 0 Å². The van der Waals surface area contributed by atoms with Gasteiger partial charge in [0.1, 0.15) is 0 Å². The molecule has 0 bridgehead atoms. The van der Waals surface area contributed by atoms with E-state index in [1.54, 1.807) is 0 Å². The maximum atomic E-state index is 13.5. The molecule has 0 spiro atoms.